The van der Waals surface area contributed by atoms with E-state index in [0.717, 1.165) is 11.1 Å². The molecule has 0 aliphatic rings. The van der Waals surface area contributed by atoms with Gasteiger partial charge in [0.25, 0.3) is 5.89 Å². The number of nitrogens with zero attached hydrogens (tertiary/aromatic N) is 3. The van der Waals surface area contributed by atoms with Crippen molar-refractivity contribution in [3.8, 4) is 29.0 Å². The highest BCUT2D eigenvalue weighted by Gasteiger charge is 2.18. The molecule has 1 unspecified atom stereocenters. The molecule has 3 rings (SSSR count). The highest BCUT2D eigenvalue weighted by Crippen LogP contribution is 2.32. The third kappa shape index (κ3) is 3.61. The molecule has 126 valence electrons. The van der Waals surface area contributed by atoms with Gasteiger partial charge in [-0.25, -0.2) is 0 Å². The summed E-state index contributed by atoms with van der Waals surface area (Å²) >= 11 is 0. The van der Waals surface area contributed by atoms with E-state index in [4.69, 9.17) is 19.2 Å². The maximum Gasteiger partial charge on any atom is 0.257 e. The first-order chi connectivity index (χ1) is 12.1. The summed E-state index contributed by atoms with van der Waals surface area (Å²) in [5, 5.41) is 17.1. The molecular formula is C19H17N3O3. The first-order valence-corrected chi connectivity index (χ1v) is 7.76. The Balaban J connectivity index is 1.81. The Hall–Kier alpha value is -3.33. The van der Waals surface area contributed by atoms with Crippen molar-refractivity contribution in [3.05, 3.63) is 59.5 Å². The van der Waals surface area contributed by atoms with Crippen LogP contribution in [0.4, 0.5) is 0 Å². The number of aryl methyl sites for hydroxylation is 1. The highest BCUT2D eigenvalue weighted by atomic mass is 16.5. The van der Waals surface area contributed by atoms with Gasteiger partial charge in [0.1, 0.15) is 0 Å². The molecule has 25 heavy (non-hydrogen) atoms. The molecule has 1 aromatic heterocycles. The van der Waals surface area contributed by atoms with Crippen LogP contribution in [0.15, 0.2) is 46.9 Å². The van der Waals surface area contributed by atoms with Crippen molar-refractivity contribution < 1.29 is 13.9 Å². The molecule has 3 aromatic rings. The Bertz CT molecular complexity index is 928. The van der Waals surface area contributed by atoms with Crippen molar-refractivity contribution in [2.24, 2.45) is 0 Å². The summed E-state index contributed by atoms with van der Waals surface area (Å²) in [5.74, 6) is 1.79. The Morgan fingerprint density at radius 3 is 2.68 bits per heavy atom. The lowest BCUT2D eigenvalue weighted by molar-refractivity contribution is 0.182. The predicted octanol–water partition coefficient (Wildman–Crippen LogP) is 4.07. The second-order valence-electron chi connectivity index (χ2n) is 5.55. The minimum absolute atomic E-state index is 0.364. The average molecular weight is 335 g/mol. The van der Waals surface area contributed by atoms with Gasteiger partial charge in [-0.1, -0.05) is 17.7 Å². The van der Waals surface area contributed by atoms with Crippen LogP contribution in [0.3, 0.4) is 0 Å². The molecule has 0 spiro atoms. The highest BCUT2D eigenvalue weighted by molar-refractivity contribution is 5.53. The van der Waals surface area contributed by atoms with E-state index >= 15 is 0 Å². The van der Waals surface area contributed by atoms with Gasteiger partial charge in [0, 0.05) is 11.6 Å². The topological polar surface area (TPSA) is 81.2 Å². The van der Waals surface area contributed by atoms with Crippen LogP contribution in [-0.2, 0) is 0 Å². The minimum Gasteiger partial charge on any atom is -0.493 e. The summed E-state index contributed by atoms with van der Waals surface area (Å²) in [6.07, 6.45) is -0.465. The molecule has 6 nitrogen and oxygen atoms in total. The standard InChI is InChI=1S/C19H17N3O3/c1-12-5-4-6-15(9-12)19-22-21-18(25-19)13(2)24-16-8-7-14(11-20)10-17(16)23-3/h4-10,13H,1-3H3. The zero-order valence-corrected chi connectivity index (χ0v) is 14.2. The molecule has 0 saturated heterocycles. The van der Waals surface area contributed by atoms with Crippen LogP contribution in [0.2, 0.25) is 0 Å². The number of hydrogen-bond acceptors (Lipinski definition) is 6. The van der Waals surface area contributed by atoms with Crippen LogP contribution in [0, 0.1) is 18.3 Å². The van der Waals surface area contributed by atoms with Crippen molar-refractivity contribution in [1.82, 2.24) is 10.2 Å². The Kier molecular flexibility index (Phi) is 4.66. The van der Waals surface area contributed by atoms with E-state index in [1.54, 1.807) is 18.2 Å². The molecule has 2 aromatic carbocycles. The predicted molar refractivity (Wildman–Crippen MR) is 91.2 cm³/mol. The first kappa shape index (κ1) is 16.5. The van der Waals surface area contributed by atoms with E-state index in [9.17, 15) is 0 Å². The third-order valence-corrected chi connectivity index (χ3v) is 3.65. The van der Waals surface area contributed by atoms with Crippen LogP contribution >= 0.6 is 0 Å². The van der Waals surface area contributed by atoms with Gasteiger partial charge in [0.2, 0.25) is 5.89 Å². The van der Waals surface area contributed by atoms with Crippen molar-refractivity contribution in [3.63, 3.8) is 0 Å². The number of benzene rings is 2. The molecular weight excluding hydrogens is 318 g/mol. The summed E-state index contributed by atoms with van der Waals surface area (Å²) in [6.45, 7) is 3.81. The van der Waals surface area contributed by atoms with Crippen molar-refractivity contribution in [2.75, 3.05) is 7.11 Å². The number of hydrogen-bond donors (Lipinski definition) is 0. The van der Waals surface area contributed by atoms with Gasteiger partial charge in [0.05, 0.1) is 18.7 Å². The quantitative estimate of drug-likeness (QED) is 0.699. The van der Waals surface area contributed by atoms with Gasteiger partial charge in [-0.3, -0.25) is 0 Å². The third-order valence-electron chi connectivity index (χ3n) is 3.65. The maximum absolute atomic E-state index is 8.96. The van der Waals surface area contributed by atoms with E-state index in [0.29, 0.717) is 28.8 Å². The lowest BCUT2D eigenvalue weighted by Crippen LogP contribution is -2.04. The van der Waals surface area contributed by atoms with Gasteiger partial charge < -0.3 is 13.9 Å². The van der Waals surface area contributed by atoms with Crippen LogP contribution in [0.1, 0.15) is 30.0 Å². The fourth-order valence-electron chi connectivity index (χ4n) is 2.37. The fourth-order valence-corrected chi connectivity index (χ4v) is 2.37. The summed E-state index contributed by atoms with van der Waals surface area (Å²) in [5.41, 5.74) is 2.47. The van der Waals surface area contributed by atoms with E-state index < -0.39 is 6.10 Å². The zero-order valence-electron chi connectivity index (χ0n) is 14.2. The van der Waals surface area contributed by atoms with Crippen molar-refractivity contribution >= 4 is 0 Å². The van der Waals surface area contributed by atoms with E-state index in [2.05, 4.69) is 16.3 Å². The monoisotopic (exact) mass is 335 g/mol. The molecule has 0 aliphatic heterocycles. The molecule has 0 bridgehead atoms. The summed E-state index contributed by atoms with van der Waals surface area (Å²) in [7, 11) is 1.52. The van der Waals surface area contributed by atoms with Gasteiger partial charge in [-0.05, 0) is 38.1 Å². The fraction of sp³-hybridized carbons (Fsp3) is 0.211. The first-order valence-electron chi connectivity index (χ1n) is 7.76. The van der Waals surface area contributed by atoms with E-state index in [-0.39, 0.29) is 0 Å². The molecule has 0 saturated carbocycles. The average Bonchev–Trinajstić information content (AvgIpc) is 3.12. The van der Waals surface area contributed by atoms with E-state index in [1.165, 1.54) is 7.11 Å². The smallest absolute Gasteiger partial charge is 0.257 e. The van der Waals surface area contributed by atoms with Crippen LogP contribution < -0.4 is 9.47 Å². The number of rotatable bonds is 5. The van der Waals surface area contributed by atoms with Crippen molar-refractivity contribution in [2.45, 2.75) is 20.0 Å². The van der Waals surface area contributed by atoms with E-state index in [1.807, 2.05) is 38.1 Å². The van der Waals surface area contributed by atoms with Crippen LogP contribution in [0.25, 0.3) is 11.5 Å². The SMILES string of the molecule is COc1cc(C#N)ccc1OC(C)c1nnc(-c2cccc(C)c2)o1. The molecule has 0 fully saturated rings. The second kappa shape index (κ2) is 7.05. The second-order valence-corrected chi connectivity index (χ2v) is 5.55. The molecule has 1 atom stereocenters. The van der Waals surface area contributed by atoms with Gasteiger partial charge >= 0.3 is 0 Å². The Morgan fingerprint density at radius 1 is 1.12 bits per heavy atom. The summed E-state index contributed by atoms with van der Waals surface area (Å²) in [6, 6.07) is 14.9. The number of methoxy groups -OCH3 is 1. The van der Waals surface area contributed by atoms with Crippen molar-refractivity contribution in [1.29, 1.82) is 5.26 Å². The lowest BCUT2D eigenvalue weighted by atomic mass is 10.1. The lowest BCUT2D eigenvalue weighted by Gasteiger charge is -2.14. The molecule has 6 heteroatoms. The molecule has 0 radical (unpaired) electrons. The molecule has 0 aliphatic carbocycles. The largest absolute Gasteiger partial charge is 0.493 e. The maximum atomic E-state index is 8.96. The normalized spacial score (nSPS) is 11.6. The van der Waals surface area contributed by atoms with Gasteiger partial charge in [-0.15, -0.1) is 10.2 Å². The molecule has 0 amide bonds. The van der Waals surface area contributed by atoms with Crippen LogP contribution in [0.5, 0.6) is 11.5 Å². The Morgan fingerprint density at radius 2 is 1.96 bits per heavy atom. The van der Waals surface area contributed by atoms with Crippen LogP contribution in [-0.4, -0.2) is 17.3 Å². The Labute approximate surface area is 145 Å². The zero-order chi connectivity index (χ0) is 17.8. The minimum atomic E-state index is -0.465. The molecule has 1 heterocycles. The van der Waals surface area contributed by atoms with Gasteiger partial charge in [0.15, 0.2) is 17.6 Å². The summed E-state index contributed by atoms with van der Waals surface area (Å²) < 4.78 is 16.9. The number of aromatic nitrogens is 2. The number of nitriles is 1. The van der Waals surface area contributed by atoms with Gasteiger partial charge in [-0.2, -0.15) is 5.26 Å². The molecule has 0 N–H and O–H groups in total. The number of ether oxygens (including phenoxy) is 2. The summed E-state index contributed by atoms with van der Waals surface area (Å²) in [4.78, 5) is 0.